The average Bonchev–Trinajstić information content (AvgIpc) is 3.26. The number of epoxide rings is 1. The lowest BCUT2D eigenvalue weighted by molar-refractivity contribution is -0.217. The summed E-state index contributed by atoms with van der Waals surface area (Å²) in [6.07, 6.45) is 4.80. The number of aliphatic hydroxyl groups excluding tert-OH is 1. The summed E-state index contributed by atoms with van der Waals surface area (Å²) < 4.78 is 16.9. The van der Waals surface area contributed by atoms with Gasteiger partial charge in [0.15, 0.2) is 0 Å². The fraction of sp³-hybridized carbons (Fsp3) is 0.818. The monoisotopic (exact) mass is 392 g/mol. The van der Waals surface area contributed by atoms with Gasteiger partial charge in [0.25, 0.3) is 0 Å². The second kappa shape index (κ2) is 6.56. The van der Waals surface area contributed by atoms with Crippen molar-refractivity contribution in [1.29, 1.82) is 0 Å². The van der Waals surface area contributed by atoms with E-state index in [2.05, 4.69) is 20.8 Å². The Hall–Kier alpha value is -1.40. The van der Waals surface area contributed by atoms with Crippen LogP contribution >= 0.6 is 0 Å². The zero-order chi connectivity index (χ0) is 20.3. The van der Waals surface area contributed by atoms with Crippen LogP contribution in [0.4, 0.5) is 0 Å². The molecule has 1 N–H and O–H groups in total. The highest BCUT2D eigenvalue weighted by atomic mass is 16.6. The molecule has 6 heteroatoms. The Balaban J connectivity index is 1.66. The van der Waals surface area contributed by atoms with Crippen molar-refractivity contribution in [1.82, 2.24) is 0 Å². The van der Waals surface area contributed by atoms with Crippen LogP contribution in [0.25, 0.3) is 0 Å². The smallest absolute Gasteiger partial charge is 0.331 e. The maximum absolute atomic E-state index is 11.9. The Labute approximate surface area is 166 Å². The molecule has 2 heterocycles. The van der Waals surface area contributed by atoms with Gasteiger partial charge in [-0.05, 0) is 48.5 Å². The molecule has 1 spiro atoms. The topological polar surface area (TPSA) is 85.4 Å². The van der Waals surface area contributed by atoms with Crippen LogP contribution in [0.5, 0.6) is 0 Å². The molecule has 2 aliphatic carbocycles. The third kappa shape index (κ3) is 2.91. The van der Waals surface area contributed by atoms with Gasteiger partial charge in [-0.1, -0.05) is 20.8 Å². The maximum atomic E-state index is 11.9. The van der Waals surface area contributed by atoms with E-state index in [1.54, 1.807) is 6.08 Å². The van der Waals surface area contributed by atoms with Gasteiger partial charge in [0, 0.05) is 24.8 Å². The summed E-state index contributed by atoms with van der Waals surface area (Å²) in [5.74, 6) is -0.0304. The summed E-state index contributed by atoms with van der Waals surface area (Å²) in [7, 11) is 0. The molecule has 4 rings (SSSR count). The van der Waals surface area contributed by atoms with Crippen molar-refractivity contribution in [2.45, 2.75) is 77.6 Å². The number of cyclic esters (lactones) is 1. The van der Waals surface area contributed by atoms with Crippen LogP contribution < -0.4 is 0 Å². The summed E-state index contributed by atoms with van der Waals surface area (Å²) >= 11 is 0. The van der Waals surface area contributed by atoms with Gasteiger partial charge in [-0.25, -0.2) is 4.79 Å². The Morgan fingerprint density at radius 3 is 2.64 bits per heavy atom. The molecule has 0 aromatic heterocycles. The van der Waals surface area contributed by atoms with Gasteiger partial charge in [-0.3, -0.25) is 4.79 Å². The molecule has 0 aromatic carbocycles. The third-order valence-electron chi connectivity index (χ3n) is 8.44. The molecule has 3 fully saturated rings. The molecule has 0 radical (unpaired) electrons. The molecule has 0 bridgehead atoms. The first-order chi connectivity index (χ1) is 13.1. The molecule has 7 atom stereocenters. The van der Waals surface area contributed by atoms with E-state index in [0.717, 1.165) is 24.8 Å². The number of carbonyl (C=O) groups excluding carboxylic acids is 2. The van der Waals surface area contributed by atoms with E-state index in [4.69, 9.17) is 14.2 Å². The highest BCUT2D eigenvalue weighted by molar-refractivity contribution is 5.85. The predicted octanol–water partition coefficient (Wildman–Crippen LogP) is 2.77. The summed E-state index contributed by atoms with van der Waals surface area (Å²) in [6, 6.07) is 0. The van der Waals surface area contributed by atoms with Crippen molar-refractivity contribution < 1.29 is 28.9 Å². The number of ether oxygens (including phenoxy) is 3. The van der Waals surface area contributed by atoms with Gasteiger partial charge in [0.2, 0.25) is 0 Å². The maximum Gasteiger partial charge on any atom is 0.331 e. The molecule has 2 aliphatic heterocycles. The van der Waals surface area contributed by atoms with Crippen molar-refractivity contribution in [3.05, 3.63) is 11.6 Å². The lowest BCUT2D eigenvalue weighted by Gasteiger charge is -2.63. The minimum absolute atomic E-state index is 0.0573. The first-order valence-corrected chi connectivity index (χ1v) is 10.5. The molecular weight excluding hydrogens is 360 g/mol. The van der Waals surface area contributed by atoms with Crippen LogP contribution in [0.15, 0.2) is 11.6 Å². The van der Waals surface area contributed by atoms with Crippen LogP contribution in [-0.2, 0) is 23.8 Å². The lowest BCUT2D eigenvalue weighted by Crippen LogP contribution is -2.65. The third-order valence-corrected chi connectivity index (χ3v) is 8.44. The van der Waals surface area contributed by atoms with Crippen molar-refractivity contribution >= 4 is 11.9 Å². The van der Waals surface area contributed by atoms with Gasteiger partial charge >= 0.3 is 11.9 Å². The van der Waals surface area contributed by atoms with Crippen LogP contribution in [0.1, 0.15) is 59.8 Å². The van der Waals surface area contributed by atoms with Crippen LogP contribution in [0.2, 0.25) is 0 Å². The lowest BCUT2D eigenvalue weighted by atomic mass is 9.43. The van der Waals surface area contributed by atoms with Crippen molar-refractivity contribution in [2.24, 2.45) is 22.7 Å². The van der Waals surface area contributed by atoms with Gasteiger partial charge in [-0.2, -0.15) is 0 Å². The number of aliphatic hydroxyl groups is 1. The molecule has 6 nitrogen and oxygen atoms in total. The molecular formula is C22H32O6. The van der Waals surface area contributed by atoms with Crippen molar-refractivity contribution in [3.8, 4) is 0 Å². The Morgan fingerprint density at radius 2 is 2.07 bits per heavy atom. The second-order valence-electron chi connectivity index (χ2n) is 9.86. The van der Waals surface area contributed by atoms with Crippen molar-refractivity contribution in [3.63, 3.8) is 0 Å². The fourth-order valence-electron chi connectivity index (χ4n) is 6.46. The predicted molar refractivity (Wildman–Crippen MR) is 101 cm³/mol. The van der Waals surface area contributed by atoms with E-state index in [1.807, 2.05) is 0 Å². The fourth-order valence-corrected chi connectivity index (χ4v) is 6.46. The van der Waals surface area contributed by atoms with Gasteiger partial charge in [0.1, 0.15) is 18.3 Å². The summed E-state index contributed by atoms with van der Waals surface area (Å²) in [5, 5.41) is 10.7. The summed E-state index contributed by atoms with van der Waals surface area (Å²) in [6.45, 7) is 9.21. The SMILES string of the molecule is CC(=O)O[C@H]1C[C@@H](C)[C@](C)(CCC2=CC(=O)OC2)[C@H]2C[C@@H](O)C[C@]3(CO3)[C@]12C. The van der Waals surface area contributed by atoms with E-state index in [-0.39, 0.29) is 34.8 Å². The molecule has 156 valence electrons. The Bertz CT molecular complexity index is 710. The van der Waals surface area contributed by atoms with Crippen LogP contribution in [0, 0.1) is 22.7 Å². The zero-order valence-corrected chi connectivity index (χ0v) is 17.3. The average molecular weight is 392 g/mol. The number of esters is 2. The zero-order valence-electron chi connectivity index (χ0n) is 17.3. The van der Waals surface area contributed by atoms with Crippen molar-refractivity contribution in [2.75, 3.05) is 13.2 Å². The first-order valence-electron chi connectivity index (χ1n) is 10.5. The summed E-state index contributed by atoms with van der Waals surface area (Å²) in [5.41, 5.74) is 0.257. The number of hydrogen-bond acceptors (Lipinski definition) is 6. The first kappa shape index (κ1) is 19.9. The number of carbonyl (C=O) groups is 2. The minimum atomic E-state index is -0.404. The molecule has 4 aliphatic rings. The van der Waals surface area contributed by atoms with E-state index < -0.39 is 11.7 Å². The largest absolute Gasteiger partial charge is 0.462 e. The van der Waals surface area contributed by atoms with Gasteiger partial charge < -0.3 is 19.3 Å². The normalized spacial score (nSPS) is 47.3. The van der Waals surface area contributed by atoms with Crippen LogP contribution in [-0.4, -0.2) is 48.1 Å². The molecule has 0 unspecified atom stereocenters. The number of rotatable bonds is 4. The summed E-state index contributed by atoms with van der Waals surface area (Å²) in [4.78, 5) is 23.3. The molecule has 0 aromatic rings. The highest BCUT2D eigenvalue weighted by Crippen LogP contribution is 2.69. The molecule has 0 amide bonds. The quantitative estimate of drug-likeness (QED) is 0.585. The second-order valence-corrected chi connectivity index (χ2v) is 9.86. The Morgan fingerprint density at radius 1 is 1.36 bits per heavy atom. The molecule has 1 saturated heterocycles. The highest BCUT2D eigenvalue weighted by Gasteiger charge is 2.73. The molecule has 2 saturated carbocycles. The van der Waals surface area contributed by atoms with E-state index in [9.17, 15) is 14.7 Å². The van der Waals surface area contributed by atoms with Gasteiger partial charge in [-0.15, -0.1) is 0 Å². The van der Waals surface area contributed by atoms with E-state index in [0.29, 0.717) is 32.0 Å². The van der Waals surface area contributed by atoms with E-state index in [1.165, 1.54) is 6.92 Å². The standard InChI is InChI=1S/C22H32O6/c1-13-7-18(28-14(2)23)21(4)17(9-16(24)10-22(21)12-27-22)20(13,3)6-5-15-8-19(25)26-11-15/h8,13,16-18,24H,5-7,9-12H2,1-4H3/t13-,16-,17-,18+,20+,21+,22+/m1/s1. The number of hydrogen-bond donors (Lipinski definition) is 1. The van der Waals surface area contributed by atoms with Crippen LogP contribution in [0.3, 0.4) is 0 Å². The number of fused-ring (bicyclic) bond motifs is 2. The Kier molecular flexibility index (Phi) is 4.66. The molecule has 28 heavy (non-hydrogen) atoms. The van der Waals surface area contributed by atoms with Gasteiger partial charge in [0.05, 0.1) is 12.7 Å². The van der Waals surface area contributed by atoms with E-state index >= 15 is 0 Å². The minimum Gasteiger partial charge on any atom is -0.462 e.